The minimum atomic E-state index is -0.801. The Labute approximate surface area is 185 Å². The summed E-state index contributed by atoms with van der Waals surface area (Å²) in [7, 11) is 0. The molecule has 1 atom stereocenters. The average molecular weight is 436 g/mol. The van der Waals surface area contributed by atoms with E-state index in [0.717, 1.165) is 23.2 Å². The Morgan fingerprint density at radius 1 is 1.17 bits per heavy atom. The van der Waals surface area contributed by atoms with Crippen molar-refractivity contribution in [1.29, 1.82) is 0 Å². The number of anilines is 2. The van der Waals surface area contributed by atoms with Crippen LogP contribution in [-0.4, -0.2) is 34.3 Å². The molecule has 0 saturated heterocycles. The fourth-order valence-corrected chi connectivity index (χ4v) is 3.33. The quantitative estimate of drug-likeness (QED) is 0.514. The fraction of sp³-hybridized carbons (Fsp3) is 0.500. The van der Waals surface area contributed by atoms with Gasteiger partial charge in [-0.15, -0.1) is 0 Å². The zero-order valence-corrected chi connectivity index (χ0v) is 19.4. The lowest BCUT2D eigenvalue weighted by Gasteiger charge is -2.29. The maximum atomic E-state index is 11.3. The largest absolute Gasteiger partial charge is 0.481 e. The van der Waals surface area contributed by atoms with Gasteiger partial charge in [0, 0.05) is 17.9 Å². The Morgan fingerprint density at radius 3 is 2.37 bits per heavy atom. The molecular weight excluding hydrogens is 402 g/mol. The van der Waals surface area contributed by atoms with Crippen LogP contribution in [-0.2, 0) is 15.1 Å². The van der Waals surface area contributed by atoms with E-state index < -0.39 is 11.6 Å². The molecule has 0 amide bonds. The van der Waals surface area contributed by atoms with Gasteiger partial charge in [0.1, 0.15) is 0 Å². The van der Waals surface area contributed by atoms with Gasteiger partial charge >= 0.3 is 12.0 Å². The van der Waals surface area contributed by atoms with Crippen molar-refractivity contribution >= 4 is 30.8 Å². The molecule has 1 aromatic heterocycles. The first-order chi connectivity index (χ1) is 13.8. The van der Waals surface area contributed by atoms with Crippen LogP contribution in [0.2, 0.25) is 0 Å². The van der Waals surface area contributed by atoms with Crippen LogP contribution in [0.3, 0.4) is 0 Å². The highest BCUT2D eigenvalue weighted by atomic mass is 32.1. The number of carboxylic acid groups (broad SMARTS) is 1. The van der Waals surface area contributed by atoms with Gasteiger partial charge in [-0.2, -0.15) is 13.5 Å². The highest BCUT2D eigenvalue weighted by molar-refractivity contribution is 7.59. The van der Waals surface area contributed by atoms with Gasteiger partial charge in [0.05, 0.1) is 36.7 Å². The Morgan fingerprint density at radius 2 is 1.83 bits per heavy atom. The van der Waals surface area contributed by atoms with Gasteiger partial charge < -0.3 is 19.9 Å². The van der Waals surface area contributed by atoms with Crippen molar-refractivity contribution in [3.63, 3.8) is 0 Å². The van der Waals surface area contributed by atoms with Crippen molar-refractivity contribution in [3.8, 4) is 6.01 Å². The molecule has 0 unspecified atom stereocenters. The Kier molecular flexibility index (Phi) is 10.1. The normalized spacial score (nSPS) is 12.0. The van der Waals surface area contributed by atoms with E-state index in [9.17, 15) is 9.90 Å². The summed E-state index contributed by atoms with van der Waals surface area (Å²) in [4.78, 5) is 19.7. The molecule has 2 aromatic rings. The molecule has 0 bridgehead atoms. The number of carbonyl (C=O) groups is 1. The van der Waals surface area contributed by atoms with Crippen molar-refractivity contribution in [3.05, 3.63) is 41.7 Å². The van der Waals surface area contributed by atoms with Crippen molar-refractivity contribution in [2.75, 3.05) is 18.5 Å². The summed E-state index contributed by atoms with van der Waals surface area (Å²) < 4.78 is 11.2. The van der Waals surface area contributed by atoms with Gasteiger partial charge in [-0.3, -0.25) is 4.79 Å². The molecule has 1 heterocycles. The van der Waals surface area contributed by atoms with E-state index in [0.29, 0.717) is 24.9 Å². The standard InChI is InChI=1S/C22H31N3O4.H2S/c1-6-15(12-20(26)27)16-9-10-18(22(4,5)29-8-3)19(11-16)25-17-13-23-21(24-14-17)28-7-2;/h9-11,13-15,25H,6-8,12H2,1-5H3,(H,26,27);1H2/t15-;/m0./s1. The first kappa shape index (κ1) is 25.7. The summed E-state index contributed by atoms with van der Waals surface area (Å²) in [6.07, 6.45) is 4.16. The lowest BCUT2D eigenvalue weighted by Crippen LogP contribution is -2.23. The molecule has 1 aromatic carbocycles. The average Bonchev–Trinajstić information content (AvgIpc) is 2.67. The number of nitrogens with one attached hydrogen (secondary N) is 1. The van der Waals surface area contributed by atoms with Crippen LogP contribution in [0.5, 0.6) is 6.01 Å². The molecule has 7 nitrogen and oxygen atoms in total. The van der Waals surface area contributed by atoms with Gasteiger partial charge in [-0.1, -0.05) is 19.1 Å². The molecule has 0 saturated carbocycles. The summed E-state index contributed by atoms with van der Waals surface area (Å²) in [5, 5.41) is 12.6. The summed E-state index contributed by atoms with van der Waals surface area (Å²) in [6.45, 7) is 11.0. The number of ether oxygens (including phenoxy) is 2. The minimum absolute atomic E-state index is 0. The van der Waals surface area contributed by atoms with E-state index in [1.54, 1.807) is 12.4 Å². The molecule has 0 aliphatic carbocycles. The van der Waals surface area contributed by atoms with Crippen LogP contribution >= 0.6 is 13.5 Å². The molecule has 0 radical (unpaired) electrons. The molecular formula is C22H33N3O4S. The summed E-state index contributed by atoms with van der Waals surface area (Å²) >= 11 is 0. The second-order valence-electron chi connectivity index (χ2n) is 7.26. The maximum Gasteiger partial charge on any atom is 0.316 e. The van der Waals surface area contributed by atoms with Gasteiger partial charge in [-0.25, -0.2) is 9.97 Å². The molecule has 0 spiro atoms. The van der Waals surface area contributed by atoms with Crippen LogP contribution in [0.1, 0.15) is 64.5 Å². The summed E-state index contributed by atoms with van der Waals surface area (Å²) in [5.41, 5.74) is 2.99. The zero-order chi connectivity index (χ0) is 21.4. The van der Waals surface area contributed by atoms with Crippen molar-refractivity contribution < 1.29 is 19.4 Å². The van der Waals surface area contributed by atoms with E-state index in [-0.39, 0.29) is 25.8 Å². The molecule has 0 aliphatic rings. The second-order valence-corrected chi connectivity index (χ2v) is 7.26. The number of benzene rings is 1. The smallest absolute Gasteiger partial charge is 0.316 e. The number of carboxylic acids is 1. The molecule has 8 heteroatoms. The second kappa shape index (κ2) is 11.8. The van der Waals surface area contributed by atoms with Crippen LogP contribution in [0.25, 0.3) is 0 Å². The van der Waals surface area contributed by atoms with E-state index in [1.807, 2.05) is 52.8 Å². The number of hydrogen-bond donors (Lipinski definition) is 2. The van der Waals surface area contributed by atoms with E-state index >= 15 is 0 Å². The van der Waals surface area contributed by atoms with Gasteiger partial charge in [0.15, 0.2) is 0 Å². The molecule has 0 aliphatic heterocycles. The zero-order valence-electron chi connectivity index (χ0n) is 18.4. The molecule has 2 rings (SSSR count). The SMILES string of the molecule is CCOc1ncc(Nc2cc([C@@H](CC)CC(=O)O)ccc2C(C)(C)OCC)cn1.S. The first-order valence-corrected chi connectivity index (χ1v) is 10.0. The first-order valence-electron chi connectivity index (χ1n) is 10.0. The predicted octanol–water partition coefficient (Wildman–Crippen LogP) is 4.97. The molecule has 30 heavy (non-hydrogen) atoms. The van der Waals surface area contributed by atoms with Gasteiger partial charge in [0.25, 0.3) is 0 Å². The Bertz CT molecular complexity index is 813. The number of aliphatic carboxylic acids is 1. The number of aromatic nitrogens is 2. The van der Waals surface area contributed by atoms with Crippen molar-refractivity contribution in [2.24, 2.45) is 0 Å². The van der Waals surface area contributed by atoms with Crippen molar-refractivity contribution in [2.45, 2.75) is 59.0 Å². The monoisotopic (exact) mass is 435 g/mol. The van der Waals surface area contributed by atoms with Gasteiger partial charge in [0.2, 0.25) is 0 Å². The topological polar surface area (TPSA) is 93.6 Å². The third-order valence-corrected chi connectivity index (χ3v) is 4.76. The summed E-state index contributed by atoms with van der Waals surface area (Å²) in [6, 6.07) is 6.33. The Hall–Kier alpha value is -2.32. The maximum absolute atomic E-state index is 11.3. The Balaban J connectivity index is 0.00000450. The fourth-order valence-electron chi connectivity index (χ4n) is 3.33. The van der Waals surface area contributed by atoms with Crippen LogP contribution in [0.4, 0.5) is 11.4 Å². The van der Waals surface area contributed by atoms with Crippen LogP contribution in [0, 0.1) is 0 Å². The van der Waals surface area contributed by atoms with Crippen LogP contribution in [0.15, 0.2) is 30.6 Å². The molecule has 2 N–H and O–H groups in total. The predicted molar refractivity (Wildman–Crippen MR) is 123 cm³/mol. The van der Waals surface area contributed by atoms with Gasteiger partial charge in [-0.05, 0) is 51.7 Å². The number of nitrogens with zero attached hydrogens (tertiary/aromatic N) is 2. The third-order valence-electron chi connectivity index (χ3n) is 4.76. The third kappa shape index (κ3) is 6.88. The number of rotatable bonds is 11. The summed E-state index contributed by atoms with van der Waals surface area (Å²) in [5.74, 6) is -0.862. The van der Waals surface area contributed by atoms with E-state index in [1.165, 1.54) is 0 Å². The van der Waals surface area contributed by atoms with Crippen molar-refractivity contribution in [1.82, 2.24) is 9.97 Å². The van der Waals surface area contributed by atoms with E-state index in [2.05, 4.69) is 15.3 Å². The van der Waals surface area contributed by atoms with E-state index in [4.69, 9.17) is 9.47 Å². The highest BCUT2D eigenvalue weighted by Crippen LogP contribution is 2.36. The molecule has 166 valence electrons. The number of hydrogen-bond acceptors (Lipinski definition) is 6. The lowest BCUT2D eigenvalue weighted by atomic mass is 9.88. The van der Waals surface area contributed by atoms with Crippen LogP contribution < -0.4 is 10.1 Å². The highest BCUT2D eigenvalue weighted by Gasteiger charge is 2.25. The molecule has 0 fully saturated rings. The lowest BCUT2D eigenvalue weighted by molar-refractivity contribution is -0.137. The minimum Gasteiger partial charge on any atom is -0.481 e.